The Balaban J connectivity index is 1.70. The highest BCUT2D eigenvalue weighted by Gasteiger charge is 2.34. The third-order valence-corrected chi connectivity index (χ3v) is 4.72. The van der Waals surface area contributed by atoms with E-state index in [0.29, 0.717) is 24.3 Å². The summed E-state index contributed by atoms with van der Waals surface area (Å²) in [6.07, 6.45) is 3.31. The Kier molecular flexibility index (Phi) is 5.84. The molecule has 0 radical (unpaired) electrons. The zero-order valence-corrected chi connectivity index (χ0v) is 13.9. The largest absolute Gasteiger partial charge is 0.372 e. The minimum absolute atomic E-state index is 0.423. The molecule has 0 spiro atoms. The van der Waals surface area contributed by atoms with Crippen molar-refractivity contribution in [3.05, 3.63) is 0 Å². The third-order valence-electron chi connectivity index (χ3n) is 4.72. The average Bonchev–Trinajstić information content (AvgIpc) is 2.94. The monoisotopic (exact) mass is 283 g/mol. The lowest BCUT2D eigenvalue weighted by molar-refractivity contribution is 0.0256. The number of nitrogens with one attached hydrogen (secondary N) is 1. The van der Waals surface area contributed by atoms with Crippen molar-refractivity contribution in [3.63, 3.8) is 0 Å². The minimum Gasteiger partial charge on any atom is -0.372 e. The molecule has 0 amide bonds. The van der Waals surface area contributed by atoms with Gasteiger partial charge >= 0.3 is 0 Å². The fourth-order valence-electron chi connectivity index (χ4n) is 3.59. The molecule has 2 aliphatic rings. The van der Waals surface area contributed by atoms with Crippen LogP contribution >= 0.6 is 0 Å². The molecule has 0 aliphatic carbocycles. The second-order valence-corrected chi connectivity index (χ2v) is 7.25. The quantitative estimate of drug-likeness (QED) is 0.798. The van der Waals surface area contributed by atoms with Crippen molar-refractivity contribution in [2.45, 2.75) is 57.9 Å². The van der Waals surface area contributed by atoms with Gasteiger partial charge in [-0.2, -0.15) is 0 Å². The SMILES string of the molecule is CC(C)NCC1CCC(CN2CC(C)C(N(C)C)C2)O1. The molecule has 2 heterocycles. The smallest absolute Gasteiger partial charge is 0.0707 e. The molecule has 2 saturated heterocycles. The van der Waals surface area contributed by atoms with Gasteiger partial charge in [0.05, 0.1) is 12.2 Å². The minimum atomic E-state index is 0.423. The maximum atomic E-state index is 6.19. The van der Waals surface area contributed by atoms with E-state index in [1.54, 1.807) is 0 Å². The first kappa shape index (κ1) is 16.2. The summed E-state index contributed by atoms with van der Waals surface area (Å²) in [4.78, 5) is 4.97. The van der Waals surface area contributed by atoms with Crippen molar-refractivity contribution in [1.82, 2.24) is 15.1 Å². The summed E-state index contributed by atoms with van der Waals surface area (Å²) in [5.74, 6) is 0.768. The summed E-state index contributed by atoms with van der Waals surface area (Å²) in [7, 11) is 4.40. The molecular formula is C16H33N3O. The zero-order valence-electron chi connectivity index (χ0n) is 13.9. The van der Waals surface area contributed by atoms with Crippen molar-refractivity contribution >= 4 is 0 Å². The summed E-state index contributed by atoms with van der Waals surface area (Å²) in [5.41, 5.74) is 0. The van der Waals surface area contributed by atoms with Crippen molar-refractivity contribution in [1.29, 1.82) is 0 Å². The van der Waals surface area contributed by atoms with Gasteiger partial charge in [0.2, 0.25) is 0 Å². The maximum absolute atomic E-state index is 6.19. The fraction of sp³-hybridized carbons (Fsp3) is 1.00. The number of rotatable bonds is 6. The predicted octanol–water partition coefficient (Wildman–Crippen LogP) is 1.41. The van der Waals surface area contributed by atoms with E-state index in [9.17, 15) is 0 Å². The number of hydrogen-bond acceptors (Lipinski definition) is 4. The molecule has 0 aromatic heterocycles. The Labute approximate surface area is 124 Å². The molecule has 2 aliphatic heterocycles. The standard InChI is InChI=1S/C16H33N3O/c1-12(2)17-8-14-6-7-15(20-14)10-19-9-13(3)16(11-19)18(4)5/h12-17H,6-11H2,1-5H3. The van der Waals surface area contributed by atoms with Crippen molar-refractivity contribution in [2.24, 2.45) is 5.92 Å². The van der Waals surface area contributed by atoms with E-state index >= 15 is 0 Å². The summed E-state index contributed by atoms with van der Waals surface area (Å²) in [6, 6.07) is 1.26. The number of likely N-dealkylation sites (N-methyl/N-ethyl adjacent to an activating group) is 1. The van der Waals surface area contributed by atoms with Crippen molar-refractivity contribution < 1.29 is 4.74 Å². The lowest BCUT2D eigenvalue weighted by Crippen LogP contribution is -2.37. The second-order valence-electron chi connectivity index (χ2n) is 7.25. The highest BCUT2D eigenvalue weighted by molar-refractivity contribution is 4.89. The first-order valence-corrected chi connectivity index (χ1v) is 8.23. The van der Waals surface area contributed by atoms with Crippen molar-refractivity contribution in [2.75, 3.05) is 40.3 Å². The summed E-state index contributed by atoms with van der Waals surface area (Å²) in [5, 5.41) is 3.49. The molecule has 2 rings (SSSR count). The van der Waals surface area contributed by atoms with Gasteiger partial charge in [0.25, 0.3) is 0 Å². The lowest BCUT2D eigenvalue weighted by atomic mass is 10.1. The van der Waals surface area contributed by atoms with Crippen LogP contribution in [0.3, 0.4) is 0 Å². The molecule has 0 bridgehead atoms. The van der Waals surface area contributed by atoms with E-state index in [0.717, 1.165) is 19.0 Å². The molecule has 0 saturated carbocycles. The van der Waals surface area contributed by atoms with Gasteiger partial charge in [-0.1, -0.05) is 20.8 Å². The number of likely N-dealkylation sites (tertiary alicyclic amines) is 1. The van der Waals surface area contributed by atoms with Gasteiger partial charge in [0.1, 0.15) is 0 Å². The first-order valence-electron chi connectivity index (χ1n) is 8.23. The zero-order chi connectivity index (χ0) is 14.7. The molecule has 4 atom stereocenters. The van der Waals surface area contributed by atoms with Crippen molar-refractivity contribution in [3.8, 4) is 0 Å². The number of nitrogens with zero attached hydrogens (tertiary/aromatic N) is 2. The summed E-state index contributed by atoms with van der Waals surface area (Å²) >= 11 is 0. The number of hydrogen-bond donors (Lipinski definition) is 1. The molecule has 0 aromatic rings. The van der Waals surface area contributed by atoms with E-state index in [4.69, 9.17) is 4.74 Å². The van der Waals surface area contributed by atoms with Crippen LogP contribution in [-0.4, -0.2) is 74.4 Å². The molecule has 20 heavy (non-hydrogen) atoms. The topological polar surface area (TPSA) is 27.7 Å². The molecule has 0 aromatic carbocycles. The van der Waals surface area contributed by atoms with Crippen LogP contribution in [0.25, 0.3) is 0 Å². The van der Waals surface area contributed by atoms with Crippen LogP contribution < -0.4 is 5.32 Å². The summed E-state index contributed by atoms with van der Waals surface area (Å²) in [6.45, 7) is 11.3. The highest BCUT2D eigenvalue weighted by Crippen LogP contribution is 2.24. The van der Waals surface area contributed by atoms with Gasteiger partial charge in [-0.05, 0) is 32.9 Å². The Bertz CT molecular complexity index is 295. The molecule has 4 heteroatoms. The normalized spacial score (nSPS) is 35.5. The van der Waals surface area contributed by atoms with E-state index in [1.807, 2.05) is 0 Å². The Morgan fingerprint density at radius 3 is 2.50 bits per heavy atom. The van der Waals surface area contributed by atoms with E-state index < -0.39 is 0 Å². The van der Waals surface area contributed by atoms with Gasteiger partial charge in [-0.15, -0.1) is 0 Å². The van der Waals surface area contributed by atoms with Crippen LogP contribution in [0.4, 0.5) is 0 Å². The lowest BCUT2D eigenvalue weighted by Gasteiger charge is -2.23. The van der Waals surface area contributed by atoms with Crippen LogP contribution in [0.5, 0.6) is 0 Å². The Morgan fingerprint density at radius 1 is 1.20 bits per heavy atom. The van der Waals surface area contributed by atoms with Gasteiger partial charge in [0.15, 0.2) is 0 Å². The second kappa shape index (κ2) is 7.21. The first-order chi connectivity index (χ1) is 9.45. The molecule has 118 valence electrons. The summed E-state index contributed by atoms with van der Waals surface area (Å²) < 4.78 is 6.19. The van der Waals surface area contributed by atoms with Crippen LogP contribution in [0.1, 0.15) is 33.6 Å². The van der Waals surface area contributed by atoms with Gasteiger partial charge < -0.3 is 15.0 Å². The van der Waals surface area contributed by atoms with Gasteiger partial charge in [-0.3, -0.25) is 4.90 Å². The van der Waals surface area contributed by atoms with Gasteiger partial charge in [0, 0.05) is 38.3 Å². The van der Waals surface area contributed by atoms with E-state index in [2.05, 4.69) is 50.0 Å². The molecule has 1 N–H and O–H groups in total. The average molecular weight is 283 g/mol. The van der Waals surface area contributed by atoms with Crippen LogP contribution in [0.2, 0.25) is 0 Å². The Morgan fingerprint density at radius 2 is 1.90 bits per heavy atom. The molecule has 4 nitrogen and oxygen atoms in total. The highest BCUT2D eigenvalue weighted by atomic mass is 16.5. The Hall–Kier alpha value is -0.160. The van der Waals surface area contributed by atoms with Crippen LogP contribution in [0.15, 0.2) is 0 Å². The predicted molar refractivity (Wildman–Crippen MR) is 84.1 cm³/mol. The van der Waals surface area contributed by atoms with Gasteiger partial charge in [-0.25, -0.2) is 0 Å². The molecular weight excluding hydrogens is 250 g/mol. The van der Waals surface area contributed by atoms with Crippen LogP contribution in [-0.2, 0) is 4.74 Å². The molecule has 4 unspecified atom stereocenters. The van der Waals surface area contributed by atoms with Crippen LogP contribution in [0, 0.1) is 5.92 Å². The molecule has 2 fully saturated rings. The van der Waals surface area contributed by atoms with E-state index in [-0.39, 0.29) is 0 Å². The maximum Gasteiger partial charge on any atom is 0.0707 e. The van der Waals surface area contributed by atoms with E-state index in [1.165, 1.54) is 25.9 Å². The third kappa shape index (κ3) is 4.42. The number of ether oxygens (including phenoxy) is 1. The fourth-order valence-corrected chi connectivity index (χ4v) is 3.59.